The van der Waals surface area contributed by atoms with Crippen molar-refractivity contribution in [2.24, 2.45) is 11.8 Å². The lowest BCUT2D eigenvalue weighted by atomic mass is 9.72. The Hall–Kier alpha value is 0.910. The average molecular weight is 291 g/mol. The summed E-state index contributed by atoms with van der Waals surface area (Å²) in [6.07, 6.45) is 6.67. The zero-order valence-corrected chi connectivity index (χ0v) is 12.2. The molecule has 7 unspecified atom stereocenters. The minimum Gasteiger partial charge on any atom is -0.309 e. The van der Waals surface area contributed by atoms with Gasteiger partial charge in [-0.05, 0) is 48.5 Å². The van der Waals surface area contributed by atoms with Crippen LogP contribution in [0.15, 0.2) is 0 Å². The van der Waals surface area contributed by atoms with Gasteiger partial charge in [0.25, 0.3) is 0 Å². The first-order valence-electron chi connectivity index (χ1n) is 6.81. The number of nitrogens with one attached hydrogen (secondary N) is 2. The average Bonchev–Trinajstić information content (AvgIpc) is 2.90. The predicted octanol–water partition coefficient (Wildman–Crippen LogP) is 2.78. The molecule has 2 saturated heterocycles. The summed E-state index contributed by atoms with van der Waals surface area (Å²) in [5, 5.41) is 5.08. The van der Waals surface area contributed by atoms with Crippen molar-refractivity contribution < 1.29 is 0 Å². The molecular weight excluding hydrogens is 272 g/mol. The molecule has 4 aliphatic rings. The monoisotopic (exact) mass is 290 g/mol. The molecule has 17 heavy (non-hydrogen) atoms. The van der Waals surface area contributed by atoms with Crippen molar-refractivity contribution in [3.05, 3.63) is 0 Å². The molecule has 2 aliphatic carbocycles. The van der Waals surface area contributed by atoms with Crippen molar-refractivity contribution in [1.82, 2.24) is 10.0 Å². The second-order valence-electron chi connectivity index (χ2n) is 5.99. The van der Waals surface area contributed by atoms with Crippen LogP contribution in [0, 0.1) is 11.8 Å². The van der Waals surface area contributed by atoms with E-state index in [1.807, 2.05) is 21.8 Å². The first-order valence-corrected chi connectivity index (χ1v) is 9.46. The number of halogens is 1. The molecule has 2 aliphatic heterocycles. The van der Waals surface area contributed by atoms with E-state index < -0.39 is 0 Å². The van der Waals surface area contributed by atoms with Gasteiger partial charge in [-0.25, -0.2) is 0 Å². The van der Waals surface area contributed by atoms with E-state index >= 15 is 0 Å². The molecule has 0 aromatic rings. The summed E-state index contributed by atoms with van der Waals surface area (Å²) in [6.45, 7) is 0. The molecule has 96 valence electrons. The van der Waals surface area contributed by atoms with Gasteiger partial charge in [0, 0.05) is 28.8 Å². The van der Waals surface area contributed by atoms with E-state index in [0.717, 1.165) is 29.2 Å². The maximum atomic E-state index is 6.52. The van der Waals surface area contributed by atoms with Crippen LogP contribution in [0.2, 0.25) is 0 Å². The van der Waals surface area contributed by atoms with Gasteiger partial charge in [0.2, 0.25) is 0 Å². The van der Waals surface area contributed by atoms with Gasteiger partial charge < -0.3 is 5.32 Å². The third kappa shape index (κ3) is 1.86. The molecule has 0 radical (unpaired) electrons. The number of hydrogen-bond donors (Lipinski definition) is 2. The smallest absolute Gasteiger partial charge is 0.0492 e. The number of hydrogen-bond acceptors (Lipinski definition) is 4. The molecule has 7 atom stereocenters. The highest BCUT2D eigenvalue weighted by Gasteiger charge is 2.52. The fraction of sp³-hybridized carbons (Fsp3) is 1.00. The van der Waals surface area contributed by atoms with Gasteiger partial charge in [0.15, 0.2) is 0 Å². The van der Waals surface area contributed by atoms with Crippen LogP contribution in [0.1, 0.15) is 32.1 Å². The second kappa shape index (κ2) is 4.48. The Morgan fingerprint density at radius 1 is 1.06 bits per heavy atom. The van der Waals surface area contributed by atoms with E-state index in [2.05, 4.69) is 10.0 Å². The van der Waals surface area contributed by atoms with Crippen LogP contribution < -0.4 is 10.0 Å². The van der Waals surface area contributed by atoms with Crippen LogP contribution in [0.3, 0.4) is 0 Å². The highest BCUT2D eigenvalue weighted by molar-refractivity contribution is 8.76. The van der Waals surface area contributed by atoms with Crippen molar-refractivity contribution in [3.8, 4) is 0 Å². The summed E-state index contributed by atoms with van der Waals surface area (Å²) >= 11 is 6.52. The van der Waals surface area contributed by atoms with Gasteiger partial charge in [0.1, 0.15) is 0 Å². The fourth-order valence-electron chi connectivity index (χ4n) is 4.38. The number of alkyl halides is 1. The number of rotatable bonds is 0. The molecule has 2 N–H and O–H groups in total. The van der Waals surface area contributed by atoms with Crippen LogP contribution >= 0.6 is 33.4 Å². The highest BCUT2D eigenvalue weighted by Crippen LogP contribution is 2.50. The van der Waals surface area contributed by atoms with Gasteiger partial charge in [-0.15, -0.1) is 11.6 Å². The zero-order chi connectivity index (χ0) is 11.4. The lowest BCUT2D eigenvalue weighted by Crippen LogP contribution is -2.45. The highest BCUT2D eigenvalue weighted by atomic mass is 35.5. The number of fused-ring (bicyclic) bond motifs is 4. The molecule has 2 saturated carbocycles. The molecule has 0 aromatic carbocycles. The zero-order valence-electron chi connectivity index (χ0n) is 9.77. The van der Waals surface area contributed by atoms with Crippen LogP contribution in [-0.2, 0) is 0 Å². The van der Waals surface area contributed by atoms with Gasteiger partial charge in [-0.2, -0.15) is 0 Å². The summed E-state index contributed by atoms with van der Waals surface area (Å²) in [5.41, 5.74) is 0. The Balaban J connectivity index is 1.56. The molecule has 0 spiro atoms. The third-order valence-corrected chi connectivity index (χ3v) is 8.25. The minimum atomic E-state index is 0.383. The van der Waals surface area contributed by atoms with Gasteiger partial charge in [0.05, 0.1) is 0 Å². The Morgan fingerprint density at radius 3 is 2.94 bits per heavy atom. The van der Waals surface area contributed by atoms with E-state index in [9.17, 15) is 0 Å². The van der Waals surface area contributed by atoms with Crippen molar-refractivity contribution in [2.75, 3.05) is 0 Å². The normalized spacial score (nSPS) is 57.4. The molecule has 4 rings (SSSR count). The van der Waals surface area contributed by atoms with E-state index in [-0.39, 0.29) is 0 Å². The molecule has 0 amide bonds. The maximum Gasteiger partial charge on any atom is 0.0492 e. The van der Waals surface area contributed by atoms with E-state index in [0.29, 0.717) is 11.4 Å². The summed E-state index contributed by atoms with van der Waals surface area (Å²) in [4.78, 5) is 0. The van der Waals surface area contributed by atoms with Crippen molar-refractivity contribution in [3.63, 3.8) is 0 Å². The first kappa shape index (κ1) is 11.7. The molecule has 0 bridgehead atoms. The molecule has 2 nitrogen and oxygen atoms in total. The summed E-state index contributed by atoms with van der Waals surface area (Å²) < 4.78 is 3.60. The van der Waals surface area contributed by atoms with E-state index in [1.54, 1.807) is 0 Å². The van der Waals surface area contributed by atoms with Crippen LogP contribution in [0.25, 0.3) is 0 Å². The Labute approximate surface area is 116 Å². The largest absolute Gasteiger partial charge is 0.309 e. The summed E-state index contributed by atoms with van der Waals surface area (Å²) in [7, 11) is 3.90. The molecule has 0 aromatic heterocycles. The molecule has 4 fully saturated rings. The SMILES string of the molecule is ClC1CCCC2C3CC4NSSC4CC3NC12. The van der Waals surface area contributed by atoms with Crippen LogP contribution in [0.4, 0.5) is 0 Å². The van der Waals surface area contributed by atoms with Gasteiger partial charge >= 0.3 is 0 Å². The van der Waals surface area contributed by atoms with E-state index in [4.69, 9.17) is 11.6 Å². The maximum absolute atomic E-state index is 6.52. The lowest BCUT2D eigenvalue weighted by molar-refractivity contribution is 0.219. The Kier molecular flexibility index (Phi) is 3.09. The Morgan fingerprint density at radius 2 is 2.00 bits per heavy atom. The summed E-state index contributed by atoms with van der Waals surface area (Å²) in [6, 6.07) is 2.11. The summed E-state index contributed by atoms with van der Waals surface area (Å²) in [5.74, 6) is 1.74. The second-order valence-corrected chi connectivity index (χ2v) is 8.83. The predicted molar refractivity (Wildman–Crippen MR) is 76.3 cm³/mol. The molecule has 2 heterocycles. The Bertz CT molecular complexity index is 317. The third-order valence-electron chi connectivity index (χ3n) is 5.17. The van der Waals surface area contributed by atoms with Crippen molar-refractivity contribution >= 4 is 33.4 Å². The lowest BCUT2D eigenvalue weighted by Gasteiger charge is -2.36. The van der Waals surface area contributed by atoms with Gasteiger partial charge in [-0.1, -0.05) is 17.2 Å². The quantitative estimate of drug-likeness (QED) is 0.407. The minimum absolute atomic E-state index is 0.383. The van der Waals surface area contributed by atoms with Crippen LogP contribution in [-0.4, -0.2) is 28.8 Å². The fourth-order valence-corrected chi connectivity index (χ4v) is 7.59. The topological polar surface area (TPSA) is 24.1 Å². The standard InChI is InChI=1S/C12H19ClN2S2/c13-8-3-1-2-6-7-4-10-11(16-17-15-10)5-9(7)14-12(6)8/h6-12,14-15H,1-5H2. The van der Waals surface area contributed by atoms with E-state index in [1.165, 1.54) is 32.1 Å². The van der Waals surface area contributed by atoms with Crippen molar-refractivity contribution in [1.29, 1.82) is 0 Å². The van der Waals surface area contributed by atoms with Gasteiger partial charge in [-0.3, -0.25) is 4.72 Å². The van der Waals surface area contributed by atoms with Crippen LogP contribution in [0.5, 0.6) is 0 Å². The molecular formula is C12H19ClN2S2. The first-order chi connectivity index (χ1) is 8.33. The molecule has 5 heteroatoms. The van der Waals surface area contributed by atoms with Crippen molar-refractivity contribution in [2.45, 2.75) is 60.9 Å².